The summed E-state index contributed by atoms with van der Waals surface area (Å²) in [5.74, 6) is -2.37. The van der Waals surface area contributed by atoms with E-state index in [0.29, 0.717) is 5.91 Å². The van der Waals surface area contributed by atoms with Crippen LogP contribution in [0.25, 0.3) is 0 Å². The zero-order valence-electron chi connectivity index (χ0n) is 11.3. The first-order chi connectivity index (χ1) is 9.17. The molecule has 1 saturated carbocycles. The van der Waals surface area contributed by atoms with Crippen LogP contribution in [-0.4, -0.2) is 54.2 Å². The Morgan fingerprint density at radius 2 is 1.65 bits per heavy atom. The van der Waals surface area contributed by atoms with E-state index in [1.54, 1.807) is 0 Å². The molecule has 2 aliphatic rings. The molecule has 0 spiro atoms. The number of aliphatic carboxylic acids is 1. The third-order valence-corrected chi connectivity index (χ3v) is 3.62. The van der Waals surface area contributed by atoms with Crippen molar-refractivity contribution in [3.05, 3.63) is 0 Å². The summed E-state index contributed by atoms with van der Waals surface area (Å²) in [5, 5.41) is 10.4. The zero-order valence-corrected chi connectivity index (χ0v) is 11.3. The van der Waals surface area contributed by atoms with Gasteiger partial charge in [0.25, 0.3) is 0 Å². The van der Waals surface area contributed by atoms with E-state index < -0.39 is 12.1 Å². The summed E-state index contributed by atoms with van der Waals surface area (Å²) in [6.45, 7) is 5.83. The van der Waals surface area contributed by atoms with Gasteiger partial charge >= 0.3 is 12.1 Å². The number of alkyl halides is 3. The molecule has 5 nitrogen and oxygen atoms in total. The Balaban J connectivity index is 0.000000246. The Bertz CT molecular complexity index is 361. The molecule has 0 aromatic rings. The lowest BCUT2D eigenvalue weighted by Gasteiger charge is -2.42. The third kappa shape index (κ3) is 4.36. The van der Waals surface area contributed by atoms with Gasteiger partial charge in [0.1, 0.15) is 0 Å². The van der Waals surface area contributed by atoms with E-state index in [1.807, 2.05) is 4.90 Å². The number of halogens is 3. The molecule has 2 fully saturated rings. The van der Waals surface area contributed by atoms with Crippen molar-refractivity contribution in [2.45, 2.75) is 32.4 Å². The first kappa shape index (κ1) is 16.7. The van der Waals surface area contributed by atoms with Crippen LogP contribution in [0.1, 0.15) is 26.2 Å². The van der Waals surface area contributed by atoms with Gasteiger partial charge in [-0.15, -0.1) is 0 Å². The first-order valence-corrected chi connectivity index (χ1v) is 6.47. The zero-order chi connectivity index (χ0) is 15.4. The predicted octanol–water partition coefficient (Wildman–Crippen LogP) is 1.24. The van der Waals surface area contributed by atoms with Crippen LogP contribution in [-0.2, 0) is 9.59 Å². The lowest BCUT2D eigenvalue weighted by Crippen LogP contribution is -2.53. The molecule has 1 amide bonds. The molecule has 0 bridgehead atoms. The molecule has 0 unspecified atom stereocenters. The largest absolute Gasteiger partial charge is 0.490 e. The Morgan fingerprint density at radius 3 is 1.95 bits per heavy atom. The molecule has 0 aromatic carbocycles. The number of nitrogens with one attached hydrogen (secondary N) is 1. The average molecular weight is 296 g/mol. The molecule has 116 valence electrons. The smallest absolute Gasteiger partial charge is 0.475 e. The molecule has 0 aromatic heterocycles. The van der Waals surface area contributed by atoms with Crippen LogP contribution in [0.4, 0.5) is 13.2 Å². The molecular formula is C12H19F3N2O3. The molecule has 1 heterocycles. The highest BCUT2D eigenvalue weighted by Gasteiger charge is 2.41. The maximum absolute atomic E-state index is 12.0. The second-order valence-corrected chi connectivity index (χ2v) is 5.26. The number of carboxylic acid groups (broad SMARTS) is 1. The maximum Gasteiger partial charge on any atom is 0.490 e. The Hall–Kier alpha value is -1.31. The third-order valence-electron chi connectivity index (χ3n) is 3.62. The normalized spacial score (nSPS) is 21.3. The summed E-state index contributed by atoms with van der Waals surface area (Å²) in [6, 6.07) is 0. The highest BCUT2D eigenvalue weighted by atomic mass is 19.4. The van der Waals surface area contributed by atoms with E-state index >= 15 is 0 Å². The lowest BCUT2D eigenvalue weighted by atomic mass is 9.69. The fraction of sp³-hybridized carbons (Fsp3) is 0.833. The van der Waals surface area contributed by atoms with Crippen LogP contribution < -0.4 is 5.32 Å². The fourth-order valence-electron chi connectivity index (χ4n) is 2.17. The second kappa shape index (κ2) is 6.43. The van der Waals surface area contributed by atoms with Crippen LogP contribution in [0.3, 0.4) is 0 Å². The van der Waals surface area contributed by atoms with E-state index in [-0.39, 0.29) is 5.41 Å². The number of carboxylic acids is 1. The number of amides is 1. The van der Waals surface area contributed by atoms with Crippen molar-refractivity contribution in [2.24, 2.45) is 5.41 Å². The van der Waals surface area contributed by atoms with E-state index in [2.05, 4.69) is 12.2 Å². The average Bonchev–Trinajstić information content (AvgIpc) is 2.36. The van der Waals surface area contributed by atoms with Crippen molar-refractivity contribution in [1.82, 2.24) is 10.2 Å². The van der Waals surface area contributed by atoms with Crippen LogP contribution in [0.15, 0.2) is 0 Å². The van der Waals surface area contributed by atoms with Gasteiger partial charge in [-0.25, -0.2) is 4.79 Å². The van der Waals surface area contributed by atoms with Crippen molar-refractivity contribution >= 4 is 11.9 Å². The molecule has 1 aliphatic heterocycles. The summed E-state index contributed by atoms with van der Waals surface area (Å²) < 4.78 is 31.7. The van der Waals surface area contributed by atoms with E-state index in [0.717, 1.165) is 39.0 Å². The molecule has 0 atom stereocenters. The van der Waals surface area contributed by atoms with Crippen molar-refractivity contribution in [1.29, 1.82) is 0 Å². The predicted molar refractivity (Wildman–Crippen MR) is 65.1 cm³/mol. The fourth-order valence-corrected chi connectivity index (χ4v) is 2.17. The van der Waals surface area contributed by atoms with Gasteiger partial charge in [-0.1, -0.05) is 13.3 Å². The summed E-state index contributed by atoms with van der Waals surface area (Å²) >= 11 is 0. The number of hydrogen-bond donors (Lipinski definition) is 2. The van der Waals surface area contributed by atoms with Gasteiger partial charge in [-0.05, 0) is 12.8 Å². The molecule has 1 aliphatic carbocycles. The summed E-state index contributed by atoms with van der Waals surface area (Å²) in [6.07, 6.45) is -1.67. The Morgan fingerprint density at radius 1 is 1.20 bits per heavy atom. The topological polar surface area (TPSA) is 69.6 Å². The minimum atomic E-state index is -5.08. The molecule has 0 radical (unpaired) electrons. The van der Waals surface area contributed by atoms with Gasteiger partial charge in [-0.3, -0.25) is 4.79 Å². The van der Waals surface area contributed by atoms with Gasteiger partial charge in [0, 0.05) is 31.6 Å². The minimum Gasteiger partial charge on any atom is -0.475 e. The SMILES string of the molecule is CC1(C(=O)N2CCNCC2)CCC1.O=C(O)C(F)(F)F. The Labute approximate surface area is 115 Å². The van der Waals surface area contributed by atoms with Gasteiger partial charge in [0.05, 0.1) is 0 Å². The standard InChI is InChI=1S/C10H18N2O.C2HF3O2/c1-10(3-2-4-10)9(13)12-7-5-11-6-8-12;3-2(4,5)1(6)7/h11H,2-8H2,1H3;(H,6,7). The van der Waals surface area contributed by atoms with E-state index in [9.17, 15) is 18.0 Å². The summed E-state index contributed by atoms with van der Waals surface area (Å²) in [4.78, 5) is 22.9. The minimum absolute atomic E-state index is 0.00264. The van der Waals surface area contributed by atoms with Crippen molar-refractivity contribution in [2.75, 3.05) is 26.2 Å². The first-order valence-electron chi connectivity index (χ1n) is 6.47. The van der Waals surface area contributed by atoms with E-state index in [4.69, 9.17) is 9.90 Å². The van der Waals surface area contributed by atoms with Crippen LogP contribution in [0, 0.1) is 5.41 Å². The molecule has 2 N–H and O–H groups in total. The number of rotatable bonds is 1. The summed E-state index contributed by atoms with van der Waals surface area (Å²) in [5.41, 5.74) is -0.00264. The molecule has 2 rings (SSSR count). The molecule has 8 heteroatoms. The maximum atomic E-state index is 12.0. The highest BCUT2D eigenvalue weighted by Crippen LogP contribution is 2.41. The second-order valence-electron chi connectivity index (χ2n) is 5.26. The quantitative estimate of drug-likeness (QED) is 0.764. The molecular weight excluding hydrogens is 277 g/mol. The van der Waals surface area contributed by atoms with Crippen molar-refractivity contribution in [3.8, 4) is 0 Å². The monoisotopic (exact) mass is 296 g/mol. The van der Waals surface area contributed by atoms with Gasteiger partial charge < -0.3 is 15.3 Å². The summed E-state index contributed by atoms with van der Waals surface area (Å²) in [7, 11) is 0. The molecule has 20 heavy (non-hydrogen) atoms. The highest BCUT2D eigenvalue weighted by molar-refractivity contribution is 5.83. The van der Waals surface area contributed by atoms with Crippen molar-refractivity contribution < 1.29 is 27.9 Å². The van der Waals surface area contributed by atoms with Gasteiger partial charge in [0.15, 0.2) is 0 Å². The van der Waals surface area contributed by atoms with Gasteiger partial charge in [0.2, 0.25) is 5.91 Å². The van der Waals surface area contributed by atoms with Crippen LogP contribution >= 0.6 is 0 Å². The van der Waals surface area contributed by atoms with Gasteiger partial charge in [-0.2, -0.15) is 13.2 Å². The van der Waals surface area contributed by atoms with Crippen LogP contribution in [0.5, 0.6) is 0 Å². The Kier molecular flexibility index (Phi) is 5.38. The number of carbonyl (C=O) groups is 2. The van der Waals surface area contributed by atoms with Crippen molar-refractivity contribution in [3.63, 3.8) is 0 Å². The number of nitrogens with zero attached hydrogens (tertiary/aromatic N) is 1. The molecule has 1 saturated heterocycles. The number of piperazine rings is 1. The lowest BCUT2D eigenvalue weighted by molar-refractivity contribution is -0.192. The van der Waals surface area contributed by atoms with E-state index in [1.165, 1.54) is 6.42 Å². The van der Waals surface area contributed by atoms with Crippen LogP contribution in [0.2, 0.25) is 0 Å². The number of carbonyl (C=O) groups excluding carboxylic acids is 1. The number of hydrogen-bond acceptors (Lipinski definition) is 3.